The van der Waals surface area contributed by atoms with E-state index in [1.54, 1.807) is 11.3 Å². The molecule has 126 valence electrons. The van der Waals surface area contributed by atoms with Crippen LogP contribution in [-0.2, 0) is 24.2 Å². The van der Waals surface area contributed by atoms with Crippen LogP contribution in [-0.4, -0.2) is 42.5 Å². The third kappa shape index (κ3) is 2.88. The smallest absolute Gasteiger partial charge is 0.241 e. The van der Waals surface area contributed by atoms with E-state index in [2.05, 4.69) is 51.2 Å². The van der Waals surface area contributed by atoms with E-state index in [4.69, 9.17) is 0 Å². The third-order valence-corrected chi connectivity index (χ3v) is 6.11. The number of carbonyl (C=O) groups is 1. The van der Waals surface area contributed by atoms with Crippen LogP contribution in [0.3, 0.4) is 0 Å². The van der Waals surface area contributed by atoms with E-state index in [0.717, 1.165) is 39.0 Å². The van der Waals surface area contributed by atoms with Crippen molar-refractivity contribution in [2.75, 3.05) is 26.2 Å². The molecule has 0 spiro atoms. The molecule has 0 unspecified atom stereocenters. The highest BCUT2D eigenvalue weighted by Gasteiger charge is 2.48. The fourth-order valence-corrected chi connectivity index (χ4v) is 4.61. The minimum absolute atomic E-state index is 0.175. The van der Waals surface area contributed by atoms with Crippen LogP contribution in [0.25, 0.3) is 0 Å². The van der Waals surface area contributed by atoms with Crippen molar-refractivity contribution < 1.29 is 4.79 Å². The molecule has 0 saturated carbocycles. The van der Waals surface area contributed by atoms with Gasteiger partial charge in [0.1, 0.15) is 5.54 Å². The molecule has 1 aliphatic heterocycles. The number of hydrogen-bond acceptors (Lipinski definition) is 4. The van der Waals surface area contributed by atoms with Gasteiger partial charge in [0.25, 0.3) is 0 Å². The van der Waals surface area contributed by atoms with Gasteiger partial charge in [0.15, 0.2) is 0 Å². The highest BCUT2D eigenvalue weighted by atomic mass is 32.1. The normalized spacial score (nSPS) is 19.8. The molecule has 0 bridgehead atoms. The number of rotatable bonds is 4. The van der Waals surface area contributed by atoms with Crippen LogP contribution in [0.15, 0.2) is 41.8 Å². The fraction of sp³-hybridized carbons (Fsp3) is 0.421. The van der Waals surface area contributed by atoms with Crippen molar-refractivity contribution >= 4 is 17.2 Å². The molecule has 0 radical (unpaired) electrons. The van der Waals surface area contributed by atoms with Crippen LogP contribution in [0, 0.1) is 0 Å². The van der Waals surface area contributed by atoms with Gasteiger partial charge in [0, 0.05) is 43.9 Å². The molecule has 2 aromatic rings. The van der Waals surface area contributed by atoms with Gasteiger partial charge in [0.05, 0.1) is 6.54 Å². The Labute approximate surface area is 146 Å². The number of amides is 1. The second kappa shape index (κ2) is 6.67. The lowest BCUT2D eigenvalue weighted by Gasteiger charge is -2.42. The molecule has 2 N–H and O–H groups in total. The standard InChI is InChI=1S/C19H23N3OS/c23-18(21-14-17-6-3-11-24-17)19(22-9-7-20-8-10-22)12-15-4-1-2-5-16(15)13-19/h1-6,11,20H,7-10,12-14H2,(H,21,23). The van der Waals surface area contributed by atoms with Gasteiger partial charge in [-0.05, 0) is 22.6 Å². The summed E-state index contributed by atoms with van der Waals surface area (Å²) in [6.45, 7) is 4.40. The summed E-state index contributed by atoms with van der Waals surface area (Å²) in [4.78, 5) is 16.9. The van der Waals surface area contributed by atoms with Crippen LogP contribution >= 0.6 is 11.3 Å². The van der Waals surface area contributed by atoms with E-state index in [1.807, 2.05) is 6.07 Å². The van der Waals surface area contributed by atoms with Crippen LogP contribution in [0.1, 0.15) is 16.0 Å². The molecule has 24 heavy (non-hydrogen) atoms. The van der Waals surface area contributed by atoms with Crippen LogP contribution < -0.4 is 10.6 Å². The Morgan fingerprint density at radius 2 is 1.83 bits per heavy atom. The lowest BCUT2D eigenvalue weighted by Crippen LogP contribution is -2.63. The number of benzene rings is 1. The summed E-state index contributed by atoms with van der Waals surface area (Å²) < 4.78 is 0. The second-order valence-corrected chi connectivity index (χ2v) is 7.69. The number of piperazine rings is 1. The van der Waals surface area contributed by atoms with Crippen molar-refractivity contribution in [3.05, 3.63) is 57.8 Å². The average molecular weight is 341 g/mol. The first kappa shape index (κ1) is 15.8. The number of nitrogens with one attached hydrogen (secondary N) is 2. The summed E-state index contributed by atoms with van der Waals surface area (Å²) in [7, 11) is 0. The van der Waals surface area contributed by atoms with Crippen molar-refractivity contribution in [3.8, 4) is 0 Å². The van der Waals surface area contributed by atoms with Gasteiger partial charge >= 0.3 is 0 Å². The average Bonchev–Trinajstić information content (AvgIpc) is 3.28. The Kier molecular flexibility index (Phi) is 4.39. The zero-order chi connectivity index (χ0) is 16.4. The monoisotopic (exact) mass is 341 g/mol. The van der Waals surface area contributed by atoms with E-state index in [9.17, 15) is 4.79 Å². The minimum Gasteiger partial charge on any atom is -0.350 e. The van der Waals surface area contributed by atoms with Crippen molar-refractivity contribution in [1.29, 1.82) is 0 Å². The molecule has 1 fully saturated rings. The van der Waals surface area contributed by atoms with Gasteiger partial charge in [0.2, 0.25) is 5.91 Å². The van der Waals surface area contributed by atoms with E-state index in [0.29, 0.717) is 6.54 Å². The maximum atomic E-state index is 13.3. The number of carbonyl (C=O) groups excluding carboxylic acids is 1. The molecule has 2 heterocycles. The van der Waals surface area contributed by atoms with E-state index in [1.165, 1.54) is 16.0 Å². The predicted molar refractivity (Wildman–Crippen MR) is 97.2 cm³/mol. The lowest BCUT2D eigenvalue weighted by atomic mass is 9.91. The Bertz CT molecular complexity index is 682. The van der Waals surface area contributed by atoms with Crippen molar-refractivity contribution in [3.63, 3.8) is 0 Å². The summed E-state index contributed by atoms with van der Waals surface area (Å²) in [5.41, 5.74) is 2.22. The van der Waals surface area contributed by atoms with Crippen molar-refractivity contribution in [1.82, 2.24) is 15.5 Å². The fourth-order valence-electron chi connectivity index (χ4n) is 3.96. The van der Waals surface area contributed by atoms with Gasteiger partial charge in [-0.15, -0.1) is 11.3 Å². The molecule has 5 heteroatoms. The van der Waals surface area contributed by atoms with Crippen LogP contribution in [0.5, 0.6) is 0 Å². The lowest BCUT2D eigenvalue weighted by molar-refractivity contribution is -0.134. The quantitative estimate of drug-likeness (QED) is 0.891. The largest absolute Gasteiger partial charge is 0.350 e. The molecule has 1 saturated heterocycles. The summed E-state index contributed by atoms with van der Waals surface area (Å²) in [5.74, 6) is 0.175. The topological polar surface area (TPSA) is 44.4 Å². The van der Waals surface area contributed by atoms with Crippen molar-refractivity contribution in [2.24, 2.45) is 0 Å². The molecule has 1 aromatic carbocycles. The van der Waals surface area contributed by atoms with Crippen molar-refractivity contribution in [2.45, 2.75) is 24.9 Å². The summed E-state index contributed by atoms with van der Waals surface area (Å²) in [5, 5.41) is 8.66. The van der Waals surface area contributed by atoms with Gasteiger partial charge < -0.3 is 10.6 Å². The van der Waals surface area contributed by atoms with Crippen LogP contribution in [0.4, 0.5) is 0 Å². The maximum absolute atomic E-state index is 13.3. The summed E-state index contributed by atoms with van der Waals surface area (Å²) >= 11 is 1.69. The number of thiophene rings is 1. The van der Waals surface area contributed by atoms with Gasteiger partial charge in [-0.25, -0.2) is 0 Å². The molecule has 0 atom stereocenters. The Hall–Kier alpha value is -1.69. The number of nitrogens with zero attached hydrogens (tertiary/aromatic N) is 1. The van der Waals surface area contributed by atoms with Crippen LogP contribution in [0.2, 0.25) is 0 Å². The number of hydrogen-bond donors (Lipinski definition) is 2. The third-order valence-electron chi connectivity index (χ3n) is 5.23. The molecular formula is C19H23N3OS. The zero-order valence-corrected chi connectivity index (χ0v) is 14.6. The second-order valence-electron chi connectivity index (χ2n) is 6.65. The molecule has 4 rings (SSSR count). The van der Waals surface area contributed by atoms with Gasteiger partial charge in [-0.3, -0.25) is 9.69 Å². The van der Waals surface area contributed by atoms with E-state index >= 15 is 0 Å². The SMILES string of the molecule is O=C(NCc1cccs1)C1(N2CCNCC2)Cc2ccccc2C1. The van der Waals surface area contributed by atoms with Gasteiger partial charge in [-0.2, -0.15) is 0 Å². The zero-order valence-electron chi connectivity index (χ0n) is 13.8. The molecule has 1 aliphatic carbocycles. The summed E-state index contributed by atoms with van der Waals surface area (Å²) in [6.07, 6.45) is 1.64. The first-order valence-corrected chi connectivity index (χ1v) is 9.49. The highest BCUT2D eigenvalue weighted by Crippen LogP contribution is 2.35. The van der Waals surface area contributed by atoms with Gasteiger partial charge in [-0.1, -0.05) is 30.3 Å². The Morgan fingerprint density at radius 3 is 2.46 bits per heavy atom. The summed E-state index contributed by atoms with van der Waals surface area (Å²) in [6, 6.07) is 12.6. The molecule has 2 aliphatic rings. The first-order valence-electron chi connectivity index (χ1n) is 8.61. The van der Waals surface area contributed by atoms with E-state index < -0.39 is 5.54 Å². The predicted octanol–water partition coefficient (Wildman–Crippen LogP) is 1.81. The number of fused-ring (bicyclic) bond motifs is 1. The maximum Gasteiger partial charge on any atom is 0.241 e. The Morgan fingerprint density at radius 1 is 1.12 bits per heavy atom. The Balaban J connectivity index is 1.58. The first-order chi connectivity index (χ1) is 11.8. The molecule has 1 aromatic heterocycles. The van der Waals surface area contributed by atoms with E-state index in [-0.39, 0.29) is 5.91 Å². The molecule has 4 nitrogen and oxygen atoms in total. The minimum atomic E-state index is -0.428. The molecule has 1 amide bonds. The molecular weight excluding hydrogens is 318 g/mol. The highest BCUT2D eigenvalue weighted by molar-refractivity contribution is 7.09.